The molecule has 0 heterocycles. The van der Waals surface area contributed by atoms with E-state index in [0.717, 1.165) is 0 Å². The third-order valence-electron chi connectivity index (χ3n) is 1.88. The fraction of sp³-hybridized carbons (Fsp3) is 0.182. The number of benzene rings is 1. The van der Waals surface area contributed by atoms with Crippen molar-refractivity contribution < 1.29 is 23.1 Å². The van der Waals surface area contributed by atoms with E-state index < -0.39 is 34.5 Å². The van der Waals surface area contributed by atoms with Crippen LogP contribution in [0.25, 0.3) is 0 Å². The lowest BCUT2D eigenvalue weighted by Gasteiger charge is -2.03. The van der Waals surface area contributed by atoms with E-state index in [1.54, 1.807) is 0 Å². The molecule has 88 valence electrons. The second-order valence-electron chi connectivity index (χ2n) is 2.97. The highest BCUT2D eigenvalue weighted by Gasteiger charge is 2.23. The van der Waals surface area contributed by atoms with E-state index in [1.165, 1.54) is 13.0 Å². The molecule has 0 aliphatic rings. The monoisotopic (exact) mass is 239 g/mol. The van der Waals surface area contributed by atoms with Crippen molar-refractivity contribution in [1.29, 1.82) is 5.26 Å². The molecule has 0 bridgehead atoms. The molecule has 17 heavy (non-hydrogen) atoms. The zero-order valence-electron chi connectivity index (χ0n) is 8.79. The van der Waals surface area contributed by atoms with Gasteiger partial charge in [-0.3, -0.25) is 4.79 Å². The first-order valence-electron chi connectivity index (χ1n) is 4.61. The first kappa shape index (κ1) is 12.8. The number of esters is 1. The Hall–Kier alpha value is -2.29. The Bertz CT molecular complexity index is 520. The van der Waals surface area contributed by atoms with Gasteiger partial charge in [-0.2, -0.15) is 5.26 Å². The standard InChI is InChI=1S/C11H7F2NO3/c1-2-17-11(16)10(15)7-3-6(5-14)8(12)4-9(7)13/h3-4H,2H2,1H3. The van der Waals surface area contributed by atoms with Crippen molar-refractivity contribution in [1.82, 2.24) is 0 Å². The molecule has 1 aromatic rings. The largest absolute Gasteiger partial charge is 0.460 e. The van der Waals surface area contributed by atoms with E-state index in [2.05, 4.69) is 4.74 Å². The summed E-state index contributed by atoms with van der Waals surface area (Å²) in [5.41, 5.74) is -1.19. The second-order valence-corrected chi connectivity index (χ2v) is 2.97. The van der Waals surface area contributed by atoms with Gasteiger partial charge >= 0.3 is 5.97 Å². The Morgan fingerprint density at radius 2 is 2.00 bits per heavy atom. The van der Waals surface area contributed by atoms with Gasteiger partial charge in [-0.25, -0.2) is 13.6 Å². The van der Waals surface area contributed by atoms with Gasteiger partial charge < -0.3 is 4.74 Å². The maximum Gasteiger partial charge on any atom is 0.379 e. The number of rotatable bonds is 3. The average Bonchev–Trinajstić information content (AvgIpc) is 2.29. The first-order chi connectivity index (χ1) is 8.01. The summed E-state index contributed by atoms with van der Waals surface area (Å²) < 4.78 is 30.6. The van der Waals surface area contributed by atoms with Gasteiger partial charge in [-0.05, 0) is 13.0 Å². The molecule has 0 spiro atoms. The molecule has 0 N–H and O–H groups in total. The Morgan fingerprint density at radius 3 is 2.53 bits per heavy atom. The molecule has 0 aliphatic heterocycles. The van der Waals surface area contributed by atoms with E-state index >= 15 is 0 Å². The summed E-state index contributed by atoms with van der Waals surface area (Å²) in [5.74, 6) is -4.80. The molecule has 0 fully saturated rings. The van der Waals surface area contributed by atoms with E-state index in [-0.39, 0.29) is 6.61 Å². The summed E-state index contributed by atoms with van der Waals surface area (Å²) in [5, 5.41) is 8.52. The van der Waals surface area contributed by atoms with Crippen LogP contribution in [0, 0.1) is 23.0 Å². The molecular formula is C11H7F2NO3. The van der Waals surface area contributed by atoms with Gasteiger partial charge in [0.25, 0.3) is 5.78 Å². The topological polar surface area (TPSA) is 67.2 Å². The Labute approximate surface area is 95.4 Å². The van der Waals surface area contributed by atoms with Crippen LogP contribution in [0.1, 0.15) is 22.8 Å². The van der Waals surface area contributed by atoms with E-state index in [9.17, 15) is 18.4 Å². The van der Waals surface area contributed by atoms with Gasteiger partial charge in [0.15, 0.2) is 0 Å². The maximum absolute atomic E-state index is 13.2. The van der Waals surface area contributed by atoms with Gasteiger partial charge in [0.05, 0.1) is 17.7 Å². The molecule has 0 atom stereocenters. The molecular weight excluding hydrogens is 232 g/mol. The molecule has 0 unspecified atom stereocenters. The fourth-order valence-electron chi connectivity index (χ4n) is 1.12. The number of carbonyl (C=O) groups excluding carboxylic acids is 2. The SMILES string of the molecule is CCOC(=O)C(=O)c1cc(C#N)c(F)cc1F. The van der Waals surface area contributed by atoms with E-state index in [0.29, 0.717) is 12.1 Å². The zero-order valence-corrected chi connectivity index (χ0v) is 8.79. The van der Waals surface area contributed by atoms with Gasteiger partial charge in [0, 0.05) is 6.07 Å². The fourth-order valence-corrected chi connectivity index (χ4v) is 1.12. The van der Waals surface area contributed by atoms with Crippen LogP contribution >= 0.6 is 0 Å². The highest BCUT2D eigenvalue weighted by Crippen LogP contribution is 2.15. The lowest BCUT2D eigenvalue weighted by atomic mass is 10.1. The molecule has 1 aromatic carbocycles. The van der Waals surface area contributed by atoms with Crippen molar-refractivity contribution in [2.24, 2.45) is 0 Å². The predicted octanol–water partition coefficient (Wildman–Crippen LogP) is 1.58. The number of ether oxygens (including phenoxy) is 1. The summed E-state index contributed by atoms with van der Waals surface area (Å²) in [7, 11) is 0. The van der Waals surface area contributed by atoms with Crippen LogP contribution in [0.2, 0.25) is 0 Å². The Balaban J connectivity index is 3.19. The highest BCUT2D eigenvalue weighted by atomic mass is 19.1. The van der Waals surface area contributed by atoms with Crippen molar-refractivity contribution in [3.05, 3.63) is 34.9 Å². The molecule has 0 saturated carbocycles. The highest BCUT2D eigenvalue weighted by molar-refractivity contribution is 6.40. The summed E-state index contributed by atoms with van der Waals surface area (Å²) in [6.07, 6.45) is 0. The van der Waals surface area contributed by atoms with Crippen LogP contribution in [0.3, 0.4) is 0 Å². The minimum absolute atomic E-state index is 0.0432. The number of carbonyl (C=O) groups is 2. The number of nitriles is 1. The summed E-state index contributed by atoms with van der Waals surface area (Å²) >= 11 is 0. The molecule has 0 aliphatic carbocycles. The van der Waals surface area contributed by atoms with Crippen LogP contribution in [-0.4, -0.2) is 18.4 Å². The van der Waals surface area contributed by atoms with Crippen LogP contribution in [0.15, 0.2) is 12.1 Å². The molecule has 0 radical (unpaired) electrons. The van der Waals surface area contributed by atoms with Crippen LogP contribution < -0.4 is 0 Å². The quantitative estimate of drug-likeness (QED) is 0.456. The summed E-state index contributed by atoms with van der Waals surface area (Å²) in [6, 6.07) is 2.51. The van der Waals surface area contributed by atoms with Crippen molar-refractivity contribution in [3.63, 3.8) is 0 Å². The molecule has 4 nitrogen and oxygen atoms in total. The van der Waals surface area contributed by atoms with E-state index in [4.69, 9.17) is 5.26 Å². The van der Waals surface area contributed by atoms with Crippen molar-refractivity contribution in [2.45, 2.75) is 6.92 Å². The molecule has 6 heteroatoms. The van der Waals surface area contributed by atoms with Crippen molar-refractivity contribution in [3.8, 4) is 6.07 Å². The third-order valence-corrected chi connectivity index (χ3v) is 1.88. The second kappa shape index (κ2) is 5.16. The smallest absolute Gasteiger partial charge is 0.379 e. The molecule has 0 aromatic heterocycles. The van der Waals surface area contributed by atoms with Crippen LogP contribution in [0.4, 0.5) is 8.78 Å². The number of nitrogens with zero attached hydrogens (tertiary/aromatic N) is 1. The van der Waals surface area contributed by atoms with E-state index in [1.807, 2.05) is 0 Å². The van der Waals surface area contributed by atoms with Crippen molar-refractivity contribution in [2.75, 3.05) is 6.61 Å². The molecule has 0 saturated heterocycles. The number of halogens is 2. The van der Waals surface area contributed by atoms with Crippen molar-refractivity contribution >= 4 is 11.8 Å². The summed E-state index contributed by atoms with van der Waals surface area (Å²) in [6.45, 7) is 1.44. The number of hydrogen-bond acceptors (Lipinski definition) is 4. The van der Waals surface area contributed by atoms with Gasteiger partial charge in [-0.15, -0.1) is 0 Å². The minimum atomic E-state index is -1.25. The first-order valence-corrected chi connectivity index (χ1v) is 4.61. The zero-order chi connectivity index (χ0) is 13.0. The average molecular weight is 239 g/mol. The third kappa shape index (κ3) is 2.64. The Morgan fingerprint density at radius 1 is 1.35 bits per heavy atom. The number of hydrogen-bond donors (Lipinski definition) is 0. The number of Topliss-reactive ketones (excluding diaryl/α,β-unsaturated/α-hetero) is 1. The lowest BCUT2D eigenvalue weighted by molar-refractivity contribution is -0.137. The Kier molecular flexibility index (Phi) is 3.88. The van der Waals surface area contributed by atoms with Gasteiger partial charge in [0.2, 0.25) is 0 Å². The van der Waals surface area contributed by atoms with Gasteiger partial charge in [0.1, 0.15) is 17.7 Å². The summed E-state index contributed by atoms with van der Waals surface area (Å²) in [4.78, 5) is 22.5. The molecule has 1 rings (SSSR count). The maximum atomic E-state index is 13.2. The minimum Gasteiger partial charge on any atom is -0.460 e. The molecule has 0 amide bonds. The van der Waals surface area contributed by atoms with Gasteiger partial charge in [-0.1, -0.05) is 0 Å². The normalized spacial score (nSPS) is 9.53. The van der Waals surface area contributed by atoms with Crippen LogP contribution in [-0.2, 0) is 9.53 Å². The van der Waals surface area contributed by atoms with Crippen LogP contribution in [0.5, 0.6) is 0 Å². The predicted molar refractivity (Wildman–Crippen MR) is 52.0 cm³/mol. The number of ketones is 1. The lowest BCUT2D eigenvalue weighted by Crippen LogP contribution is -2.19.